The molecular formula is C19H19ClN2O4. The Kier molecular flexibility index (Phi) is 5.04. The number of methoxy groups -OCH3 is 2. The highest BCUT2D eigenvalue weighted by atomic mass is 35.5. The molecule has 6 nitrogen and oxygen atoms in total. The van der Waals surface area contributed by atoms with E-state index in [4.69, 9.17) is 21.1 Å². The van der Waals surface area contributed by atoms with E-state index in [0.717, 1.165) is 11.3 Å². The molecule has 0 saturated heterocycles. The van der Waals surface area contributed by atoms with Gasteiger partial charge in [-0.15, -0.1) is 0 Å². The van der Waals surface area contributed by atoms with Gasteiger partial charge in [-0.1, -0.05) is 17.7 Å². The van der Waals surface area contributed by atoms with Crippen molar-refractivity contribution in [1.82, 2.24) is 5.32 Å². The number of ether oxygens (including phenoxy) is 2. The number of amides is 2. The van der Waals surface area contributed by atoms with Crippen molar-refractivity contribution in [2.45, 2.75) is 19.5 Å². The van der Waals surface area contributed by atoms with Gasteiger partial charge in [-0.05, 0) is 35.9 Å². The number of carbonyl (C=O) groups is 2. The van der Waals surface area contributed by atoms with E-state index >= 15 is 0 Å². The SMILES string of the molecule is COc1ccc(CN2C(=O)C(NC(C)=O)c3cc(Cl)ccc32)cc1OC. The molecular weight excluding hydrogens is 356 g/mol. The lowest BCUT2D eigenvalue weighted by molar-refractivity contribution is -0.126. The molecule has 1 aliphatic rings. The first-order valence-corrected chi connectivity index (χ1v) is 8.41. The summed E-state index contributed by atoms with van der Waals surface area (Å²) in [6.45, 7) is 1.72. The molecule has 26 heavy (non-hydrogen) atoms. The first-order valence-electron chi connectivity index (χ1n) is 8.03. The molecule has 0 aromatic heterocycles. The summed E-state index contributed by atoms with van der Waals surface area (Å²) in [5.74, 6) is 0.730. The lowest BCUT2D eigenvalue weighted by Crippen LogP contribution is -2.36. The summed E-state index contributed by atoms with van der Waals surface area (Å²) in [6, 6.07) is 9.99. The summed E-state index contributed by atoms with van der Waals surface area (Å²) in [5.41, 5.74) is 2.30. The Balaban J connectivity index is 1.96. The number of rotatable bonds is 5. The van der Waals surface area contributed by atoms with Gasteiger partial charge in [0.1, 0.15) is 6.04 Å². The van der Waals surface area contributed by atoms with Gasteiger partial charge in [-0.3, -0.25) is 9.59 Å². The highest BCUT2D eigenvalue weighted by Crippen LogP contribution is 2.39. The Hall–Kier alpha value is -2.73. The zero-order chi connectivity index (χ0) is 18.8. The monoisotopic (exact) mass is 374 g/mol. The average molecular weight is 375 g/mol. The standard InChI is InChI=1S/C19H19ClN2O4/c1-11(23)21-18-14-9-13(20)5-6-15(14)22(19(18)24)10-12-4-7-16(25-2)17(8-12)26-3/h4-9,18H,10H2,1-3H3,(H,21,23). The summed E-state index contributed by atoms with van der Waals surface area (Å²) < 4.78 is 10.6. The molecule has 1 heterocycles. The number of hydrogen-bond acceptors (Lipinski definition) is 4. The van der Waals surface area contributed by atoms with Crippen LogP contribution in [-0.4, -0.2) is 26.0 Å². The highest BCUT2D eigenvalue weighted by molar-refractivity contribution is 6.31. The van der Waals surface area contributed by atoms with E-state index in [-0.39, 0.29) is 11.8 Å². The predicted octanol–water partition coefficient (Wildman–Crippen LogP) is 3.08. The summed E-state index contributed by atoms with van der Waals surface area (Å²) in [5, 5.41) is 3.21. The minimum Gasteiger partial charge on any atom is -0.493 e. The lowest BCUT2D eigenvalue weighted by Gasteiger charge is -2.19. The normalized spacial score (nSPS) is 15.6. The number of halogens is 1. The van der Waals surface area contributed by atoms with Crippen LogP contribution < -0.4 is 19.7 Å². The van der Waals surface area contributed by atoms with Crippen LogP contribution in [0.25, 0.3) is 0 Å². The quantitative estimate of drug-likeness (QED) is 0.873. The van der Waals surface area contributed by atoms with E-state index in [1.807, 2.05) is 12.1 Å². The van der Waals surface area contributed by atoms with Crippen molar-refractivity contribution in [3.8, 4) is 11.5 Å². The average Bonchev–Trinajstić information content (AvgIpc) is 2.86. The zero-order valence-corrected chi connectivity index (χ0v) is 15.5. The van der Waals surface area contributed by atoms with Crippen molar-refractivity contribution < 1.29 is 19.1 Å². The van der Waals surface area contributed by atoms with Gasteiger partial charge in [0.15, 0.2) is 11.5 Å². The van der Waals surface area contributed by atoms with Crippen LogP contribution in [0.5, 0.6) is 11.5 Å². The molecule has 136 valence electrons. The second kappa shape index (κ2) is 7.25. The number of anilines is 1. The van der Waals surface area contributed by atoms with Crippen LogP contribution in [0.15, 0.2) is 36.4 Å². The van der Waals surface area contributed by atoms with E-state index in [1.54, 1.807) is 43.4 Å². The van der Waals surface area contributed by atoms with Gasteiger partial charge >= 0.3 is 0 Å². The molecule has 0 radical (unpaired) electrons. The van der Waals surface area contributed by atoms with Crippen molar-refractivity contribution in [1.29, 1.82) is 0 Å². The van der Waals surface area contributed by atoms with Crippen molar-refractivity contribution in [3.63, 3.8) is 0 Å². The topological polar surface area (TPSA) is 67.9 Å². The minimum atomic E-state index is -0.735. The molecule has 1 N–H and O–H groups in total. The first kappa shape index (κ1) is 18.1. The smallest absolute Gasteiger partial charge is 0.254 e. The van der Waals surface area contributed by atoms with Crippen LogP contribution >= 0.6 is 11.6 Å². The Labute approximate surface area is 156 Å². The Morgan fingerprint density at radius 2 is 1.88 bits per heavy atom. The number of carbonyl (C=O) groups excluding carboxylic acids is 2. The van der Waals surface area contributed by atoms with Crippen molar-refractivity contribution in [3.05, 3.63) is 52.5 Å². The van der Waals surface area contributed by atoms with Crippen LogP contribution in [0.3, 0.4) is 0 Å². The summed E-state index contributed by atoms with van der Waals surface area (Å²) >= 11 is 6.08. The van der Waals surface area contributed by atoms with E-state index in [0.29, 0.717) is 28.6 Å². The molecule has 2 aromatic carbocycles. The van der Waals surface area contributed by atoms with E-state index < -0.39 is 6.04 Å². The number of hydrogen-bond donors (Lipinski definition) is 1. The molecule has 0 spiro atoms. The first-order chi connectivity index (χ1) is 12.4. The van der Waals surface area contributed by atoms with Gasteiger partial charge in [0, 0.05) is 23.2 Å². The van der Waals surface area contributed by atoms with Crippen molar-refractivity contribution in [2.24, 2.45) is 0 Å². The van der Waals surface area contributed by atoms with Gasteiger partial charge in [-0.25, -0.2) is 0 Å². The summed E-state index contributed by atoms with van der Waals surface area (Å²) in [6.07, 6.45) is 0. The van der Waals surface area contributed by atoms with Crippen LogP contribution in [0, 0.1) is 0 Å². The molecule has 0 bridgehead atoms. The Morgan fingerprint density at radius 1 is 1.15 bits per heavy atom. The second-order valence-electron chi connectivity index (χ2n) is 5.95. The molecule has 2 amide bonds. The maximum absolute atomic E-state index is 12.9. The lowest BCUT2D eigenvalue weighted by atomic mass is 10.1. The summed E-state index contributed by atoms with van der Waals surface area (Å²) in [4.78, 5) is 26.0. The molecule has 7 heteroatoms. The number of nitrogens with zero attached hydrogens (tertiary/aromatic N) is 1. The Morgan fingerprint density at radius 3 is 2.54 bits per heavy atom. The molecule has 3 rings (SSSR count). The second-order valence-corrected chi connectivity index (χ2v) is 6.39. The molecule has 1 atom stereocenters. The number of nitrogens with one attached hydrogen (secondary N) is 1. The molecule has 0 aliphatic carbocycles. The predicted molar refractivity (Wildman–Crippen MR) is 98.7 cm³/mol. The molecule has 1 unspecified atom stereocenters. The van der Waals surface area contributed by atoms with Crippen LogP contribution in [0.1, 0.15) is 24.1 Å². The van der Waals surface area contributed by atoms with Crippen LogP contribution in [0.2, 0.25) is 5.02 Å². The molecule has 0 fully saturated rings. The maximum Gasteiger partial charge on any atom is 0.254 e. The molecule has 1 aliphatic heterocycles. The van der Waals surface area contributed by atoms with Gasteiger partial charge < -0.3 is 19.7 Å². The highest BCUT2D eigenvalue weighted by Gasteiger charge is 2.38. The van der Waals surface area contributed by atoms with Gasteiger partial charge in [0.25, 0.3) is 5.91 Å². The number of fused-ring (bicyclic) bond motifs is 1. The minimum absolute atomic E-state index is 0.202. The van der Waals surface area contributed by atoms with Gasteiger partial charge in [0.05, 0.1) is 20.8 Å². The molecule has 0 saturated carbocycles. The Bertz CT molecular complexity index is 869. The van der Waals surface area contributed by atoms with Crippen molar-refractivity contribution in [2.75, 3.05) is 19.1 Å². The fraction of sp³-hybridized carbons (Fsp3) is 0.263. The van der Waals surface area contributed by atoms with E-state index in [9.17, 15) is 9.59 Å². The third kappa shape index (κ3) is 3.32. The third-order valence-electron chi connectivity index (χ3n) is 4.24. The number of benzene rings is 2. The molecule has 2 aromatic rings. The van der Waals surface area contributed by atoms with Crippen molar-refractivity contribution >= 4 is 29.1 Å². The van der Waals surface area contributed by atoms with E-state index in [2.05, 4.69) is 5.32 Å². The fourth-order valence-electron chi connectivity index (χ4n) is 3.08. The third-order valence-corrected chi connectivity index (χ3v) is 4.48. The zero-order valence-electron chi connectivity index (χ0n) is 14.7. The van der Waals surface area contributed by atoms with Crippen LogP contribution in [0.4, 0.5) is 5.69 Å². The fourth-order valence-corrected chi connectivity index (χ4v) is 3.26. The summed E-state index contributed by atoms with van der Waals surface area (Å²) in [7, 11) is 3.13. The maximum atomic E-state index is 12.9. The van der Waals surface area contributed by atoms with Crippen LogP contribution in [-0.2, 0) is 16.1 Å². The van der Waals surface area contributed by atoms with Gasteiger partial charge in [-0.2, -0.15) is 0 Å². The largest absolute Gasteiger partial charge is 0.493 e. The van der Waals surface area contributed by atoms with Gasteiger partial charge in [0.2, 0.25) is 5.91 Å². The van der Waals surface area contributed by atoms with E-state index in [1.165, 1.54) is 6.92 Å².